The summed E-state index contributed by atoms with van der Waals surface area (Å²) in [6.07, 6.45) is 1.54. The van der Waals surface area contributed by atoms with Crippen LogP contribution in [0.2, 0.25) is 0 Å². The number of thioether (sulfide) groups is 1. The van der Waals surface area contributed by atoms with E-state index >= 15 is 0 Å². The number of hydrogen-bond acceptors (Lipinski definition) is 5. The topological polar surface area (TPSA) is 97.1 Å². The van der Waals surface area contributed by atoms with Crippen molar-refractivity contribution in [2.45, 2.75) is 44.4 Å². The second kappa shape index (κ2) is 7.13. The van der Waals surface area contributed by atoms with E-state index < -0.39 is 5.97 Å². The molecule has 8 heteroatoms. The number of nitrogens with one attached hydrogen (secondary N) is 1. The smallest absolute Gasteiger partial charge is 0.305 e. The normalized spacial score (nSPS) is 12.4. The lowest BCUT2D eigenvalue weighted by Gasteiger charge is -2.12. The Bertz CT molecular complexity index is 447. The summed E-state index contributed by atoms with van der Waals surface area (Å²) >= 11 is 1.28. The molecule has 1 aromatic heterocycles. The van der Waals surface area contributed by atoms with Gasteiger partial charge in [-0.25, -0.2) is 0 Å². The van der Waals surface area contributed by atoms with Crippen LogP contribution in [-0.4, -0.2) is 43.5 Å². The third-order valence-electron chi connectivity index (χ3n) is 2.32. The number of rotatable bonds is 7. The van der Waals surface area contributed by atoms with Gasteiger partial charge in [-0.15, -0.1) is 10.2 Å². The first kappa shape index (κ1) is 15.5. The highest BCUT2D eigenvalue weighted by molar-refractivity contribution is 7.99. The van der Waals surface area contributed by atoms with Gasteiger partial charge < -0.3 is 15.0 Å². The van der Waals surface area contributed by atoms with Crippen LogP contribution in [0.3, 0.4) is 0 Å². The number of carboxylic acid groups (broad SMARTS) is 1. The van der Waals surface area contributed by atoms with Crippen molar-refractivity contribution in [2.75, 3.05) is 5.75 Å². The zero-order valence-electron chi connectivity index (χ0n) is 11.2. The molecule has 2 N–H and O–H groups in total. The van der Waals surface area contributed by atoms with Crippen molar-refractivity contribution >= 4 is 23.6 Å². The summed E-state index contributed by atoms with van der Waals surface area (Å²) in [5, 5.41) is 19.6. The second-order valence-electron chi connectivity index (χ2n) is 4.47. The van der Waals surface area contributed by atoms with E-state index in [-0.39, 0.29) is 30.2 Å². The Balaban J connectivity index is 2.42. The van der Waals surface area contributed by atoms with Crippen LogP contribution in [0.25, 0.3) is 0 Å². The number of carbonyl (C=O) groups excluding carboxylic acids is 1. The first-order valence-corrected chi connectivity index (χ1v) is 6.92. The molecule has 0 aliphatic carbocycles. The lowest BCUT2D eigenvalue weighted by atomic mass is 10.2. The lowest BCUT2D eigenvalue weighted by Crippen LogP contribution is -2.35. The van der Waals surface area contributed by atoms with Gasteiger partial charge in [-0.2, -0.15) is 0 Å². The molecule has 0 radical (unpaired) electrons. The van der Waals surface area contributed by atoms with E-state index in [1.807, 2.05) is 18.4 Å². The summed E-state index contributed by atoms with van der Waals surface area (Å²) in [5.41, 5.74) is 0. The van der Waals surface area contributed by atoms with Gasteiger partial charge in [0.15, 0.2) is 5.16 Å². The minimum absolute atomic E-state index is 0.0847. The van der Waals surface area contributed by atoms with Gasteiger partial charge in [0.2, 0.25) is 5.91 Å². The van der Waals surface area contributed by atoms with Crippen LogP contribution in [0, 0.1) is 0 Å². The summed E-state index contributed by atoms with van der Waals surface area (Å²) < 4.78 is 1.87. The molecule has 1 aromatic rings. The molecular formula is C11H18N4O3S. The highest BCUT2D eigenvalue weighted by Gasteiger charge is 2.13. The number of carbonyl (C=O) groups is 2. The molecule has 0 bridgehead atoms. The maximum atomic E-state index is 11.6. The predicted octanol–water partition coefficient (Wildman–Crippen LogP) is 0.930. The van der Waals surface area contributed by atoms with Crippen molar-refractivity contribution in [3.05, 3.63) is 6.33 Å². The van der Waals surface area contributed by atoms with E-state index in [1.165, 1.54) is 11.8 Å². The molecule has 106 valence electrons. The van der Waals surface area contributed by atoms with Crippen molar-refractivity contribution in [2.24, 2.45) is 0 Å². The molecule has 1 heterocycles. The fraction of sp³-hybridized carbons (Fsp3) is 0.636. The van der Waals surface area contributed by atoms with Gasteiger partial charge in [-0.1, -0.05) is 11.8 Å². The van der Waals surface area contributed by atoms with E-state index in [2.05, 4.69) is 15.5 Å². The number of carboxylic acids is 1. The Hall–Kier alpha value is -1.57. The predicted molar refractivity (Wildman–Crippen MR) is 71.0 cm³/mol. The molecule has 19 heavy (non-hydrogen) atoms. The van der Waals surface area contributed by atoms with Crippen LogP contribution in [0.4, 0.5) is 0 Å². The van der Waals surface area contributed by atoms with Gasteiger partial charge in [-0.05, 0) is 20.8 Å². The summed E-state index contributed by atoms with van der Waals surface area (Å²) in [6.45, 7) is 5.66. The minimum atomic E-state index is -0.931. The number of aliphatic carboxylic acids is 1. The average molecular weight is 286 g/mol. The second-order valence-corrected chi connectivity index (χ2v) is 5.41. The van der Waals surface area contributed by atoms with Crippen molar-refractivity contribution in [1.29, 1.82) is 0 Å². The fourth-order valence-corrected chi connectivity index (χ4v) is 2.30. The average Bonchev–Trinajstić information content (AvgIpc) is 2.73. The Morgan fingerprint density at radius 1 is 1.47 bits per heavy atom. The van der Waals surface area contributed by atoms with E-state index in [4.69, 9.17) is 5.11 Å². The van der Waals surface area contributed by atoms with Crippen LogP contribution in [0.1, 0.15) is 33.2 Å². The molecular weight excluding hydrogens is 268 g/mol. The third kappa shape index (κ3) is 5.29. The Morgan fingerprint density at radius 3 is 2.74 bits per heavy atom. The maximum absolute atomic E-state index is 11.6. The molecule has 1 atom stereocenters. The van der Waals surface area contributed by atoms with Crippen molar-refractivity contribution in [3.63, 3.8) is 0 Å². The van der Waals surface area contributed by atoms with Crippen LogP contribution in [0.5, 0.6) is 0 Å². The summed E-state index contributed by atoms with van der Waals surface area (Å²) in [7, 11) is 0. The molecule has 0 spiro atoms. The van der Waals surface area contributed by atoms with Crippen molar-refractivity contribution in [1.82, 2.24) is 20.1 Å². The van der Waals surface area contributed by atoms with E-state index in [1.54, 1.807) is 13.3 Å². The molecule has 0 aromatic carbocycles. The first-order valence-electron chi connectivity index (χ1n) is 5.93. The van der Waals surface area contributed by atoms with E-state index in [0.717, 1.165) is 0 Å². The molecule has 1 amide bonds. The van der Waals surface area contributed by atoms with Gasteiger partial charge in [0.05, 0.1) is 12.2 Å². The van der Waals surface area contributed by atoms with Crippen LogP contribution in [-0.2, 0) is 9.59 Å². The fourth-order valence-electron chi connectivity index (χ4n) is 1.45. The summed E-state index contributed by atoms with van der Waals surface area (Å²) in [5.74, 6) is -0.952. The highest BCUT2D eigenvalue weighted by Crippen LogP contribution is 2.18. The van der Waals surface area contributed by atoms with Gasteiger partial charge in [0, 0.05) is 12.1 Å². The van der Waals surface area contributed by atoms with Gasteiger partial charge >= 0.3 is 5.97 Å². The monoisotopic (exact) mass is 286 g/mol. The third-order valence-corrected chi connectivity index (χ3v) is 3.27. The zero-order valence-corrected chi connectivity index (χ0v) is 12.0. The maximum Gasteiger partial charge on any atom is 0.305 e. The molecule has 0 saturated heterocycles. The Kier molecular flexibility index (Phi) is 5.81. The number of amides is 1. The standard InChI is InChI=1S/C11H18N4O3S/c1-7(2)15-6-12-14-11(15)19-5-9(16)13-8(3)4-10(17)18/h6-8H,4-5H2,1-3H3,(H,13,16)(H,17,18). The molecule has 0 fully saturated rings. The summed E-state index contributed by atoms with van der Waals surface area (Å²) in [6, 6.07) is -0.153. The number of hydrogen-bond donors (Lipinski definition) is 2. The molecule has 0 aliphatic heterocycles. The Morgan fingerprint density at radius 2 is 2.16 bits per heavy atom. The number of aromatic nitrogens is 3. The largest absolute Gasteiger partial charge is 0.481 e. The SMILES string of the molecule is CC(CC(=O)O)NC(=O)CSc1nncn1C(C)C. The van der Waals surface area contributed by atoms with Gasteiger partial charge in [-0.3, -0.25) is 9.59 Å². The van der Waals surface area contributed by atoms with Gasteiger partial charge in [0.25, 0.3) is 0 Å². The van der Waals surface area contributed by atoms with Crippen molar-refractivity contribution in [3.8, 4) is 0 Å². The highest BCUT2D eigenvalue weighted by atomic mass is 32.2. The molecule has 1 unspecified atom stereocenters. The van der Waals surface area contributed by atoms with Crippen LogP contribution < -0.4 is 5.32 Å². The number of nitrogens with zero attached hydrogens (tertiary/aromatic N) is 3. The van der Waals surface area contributed by atoms with E-state index in [9.17, 15) is 9.59 Å². The first-order chi connectivity index (χ1) is 8.90. The molecule has 1 rings (SSSR count). The molecule has 7 nitrogen and oxygen atoms in total. The quantitative estimate of drug-likeness (QED) is 0.724. The van der Waals surface area contributed by atoms with Crippen LogP contribution in [0.15, 0.2) is 11.5 Å². The van der Waals surface area contributed by atoms with Gasteiger partial charge in [0.1, 0.15) is 6.33 Å². The Labute approximate surface area is 115 Å². The lowest BCUT2D eigenvalue weighted by molar-refractivity contribution is -0.137. The molecule has 0 saturated carbocycles. The van der Waals surface area contributed by atoms with Crippen LogP contribution >= 0.6 is 11.8 Å². The van der Waals surface area contributed by atoms with E-state index in [0.29, 0.717) is 5.16 Å². The minimum Gasteiger partial charge on any atom is -0.481 e. The summed E-state index contributed by atoms with van der Waals surface area (Å²) in [4.78, 5) is 22.1. The zero-order chi connectivity index (χ0) is 14.4. The van der Waals surface area contributed by atoms with Crippen molar-refractivity contribution < 1.29 is 14.7 Å². The molecule has 0 aliphatic rings.